The second kappa shape index (κ2) is 7.35. The van der Waals surface area contributed by atoms with E-state index < -0.39 is 0 Å². The van der Waals surface area contributed by atoms with Gasteiger partial charge in [-0.1, -0.05) is 0 Å². The number of carbonyl (C=O) groups is 1. The lowest BCUT2D eigenvalue weighted by molar-refractivity contribution is -0.130. The zero-order valence-corrected chi connectivity index (χ0v) is 14.1. The number of nitrogens with zero attached hydrogens (tertiary/aromatic N) is 2. The molecule has 1 aliphatic heterocycles. The molecule has 0 saturated carbocycles. The van der Waals surface area contributed by atoms with Gasteiger partial charge in [0.1, 0.15) is 6.17 Å². The van der Waals surface area contributed by atoms with Gasteiger partial charge in [0.05, 0.1) is 19.3 Å². The largest absolute Gasteiger partial charge is 0.378 e. The molecule has 2 unspecified atom stereocenters. The van der Waals surface area contributed by atoms with Crippen LogP contribution in [0.15, 0.2) is 12.1 Å². The Hall–Kier alpha value is -0.950. The van der Waals surface area contributed by atoms with Crippen LogP contribution < -0.4 is 5.32 Å². The van der Waals surface area contributed by atoms with E-state index in [4.69, 9.17) is 4.74 Å². The van der Waals surface area contributed by atoms with Gasteiger partial charge in [0.2, 0.25) is 5.91 Å². The van der Waals surface area contributed by atoms with Crippen molar-refractivity contribution in [3.05, 3.63) is 21.9 Å². The van der Waals surface area contributed by atoms with Crippen molar-refractivity contribution >= 4 is 17.2 Å². The number of aryl methyl sites for hydroxylation is 1. The zero-order chi connectivity index (χ0) is 15.4. The highest BCUT2D eigenvalue weighted by molar-refractivity contribution is 7.12. The average molecular weight is 311 g/mol. The highest BCUT2D eigenvalue weighted by Crippen LogP contribution is 2.30. The first-order valence-corrected chi connectivity index (χ1v) is 8.16. The number of hydrogen-bond acceptors (Lipinski definition) is 5. The molecule has 6 heteroatoms. The summed E-state index contributed by atoms with van der Waals surface area (Å²) in [5.74, 6) is 0.155. The van der Waals surface area contributed by atoms with E-state index in [1.54, 1.807) is 11.3 Å². The molecule has 118 valence electrons. The zero-order valence-electron chi connectivity index (χ0n) is 13.3. The summed E-state index contributed by atoms with van der Waals surface area (Å²) >= 11 is 1.74. The Labute approximate surface area is 130 Å². The van der Waals surface area contributed by atoms with Crippen molar-refractivity contribution in [2.75, 3.05) is 40.4 Å². The molecule has 1 aromatic rings. The van der Waals surface area contributed by atoms with E-state index >= 15 is 0 Å². The second-order valence-electron chi connectivity index (χ2n) is 5.69. The number of thiophene rings is 1. The van der Waals surface area contributed by atoms with Crippen LogP contribution in [0.25, 0.3) is 0 Å². The third-order valence-electron chi connectivity index (χ3n) is 3.56. The molecule has 0 bridgehead atoms. The molecule has 1 aliphatic rings. The van der Waals surface area contributed by atoms with Gasteiger partial charge in [-0.2, -0.15) is 0 Å². The van der Waals surface area contributed by atoms with Gasteiger partial charge in [0, 0.05) is 22.8 Å². The Morgan fingerprint density at radius 3 is 2.76 bits per heavy atom. The van der Waals surface area contributed by atoms with Gasteiger partial charge >= 0.3 is 0 Å². The minimum absolute atomic E-state index is 0.0105. The summed E-state index contributed by atoms with van der Waals surface area (Å²) in [6.07, 6.45) is -0.0105. The van der Waals surface area contributed by atoms with Gasteiger partial charge in [-0.3, -0.25) is 10.1 Å². The maximum atomic E-state index is 12.3. The Balaban J connectivity index is 1.90. The lowest BCUT2D eigenvalue weighted by Crippen LogP contribution is -2.33. The quantitative estimate of drug-likeness (QED) is 0.774. The van der Waals surface area contributed by atoms with Gasteiger partial charge in [-0.15, -0.1) is 11.3 Å². The van der Waals surface area contributed by atoms with Crippen molar-refractivity contribution in [1.82, 2.24) is 15.1 Å². The lowest BCUT2D eigenvalue weighted by atomic mass is 10.3. The first-order valence-electron chi connectivity index (χ1n) is 7.34. The van der Waals surface area contributed by atoms with E-state index in [1.807, 2.05) is 25.9 Å². The molecule has 1 N–H and O–H groups in total. The van der Waals surface area contributed by atoms with E-state index in [9.17, 15) is 4.79 Å². The monoisotopic (exact) mass is 311 g/mol. The first kappa shape index (κ1) is 16.4. The number of hydrogen-bond donors (Lipinski definition) is 1. The fraction of sp³-hybridized carbons (Fsp3) is 0.667. The van der Waals surface area contributed by atoms with Crippen LogP contribution in [0.4, 0.5) is 0 Å². The molecule has 2 atom stereocenters. The Morgan fingerprint density at radius 2 is 2.14 bits per heavy atom. The number of likely N-dealkylation sites (N-methyl/N-ethyl adjacent to an activating group) is 1. The second-order valence-corrected chi connectivity index (χ2v) is 7.01. The number of amides is 1. The summed E-state index contributed by atoms with van der Waals surface area (Å²) in [4.78, 5) is 18.7. The Morgan fingerprint density at radius 1 is 1.38 bits per heavy atom. The molecule has 1 saturated heterocycles. The lowest BCUT2D eigenvalue weighted by Gasteiger charge is -2.23. The fourth-order valence-corrected chi connectivity index (χ4v) is 3.31. The van der Waals surface area contributed by atoms with Crippen molar-refractivity contribution in [1.29, 1.82) is 0 Å². The standard InChI is InChI=1S/C15H25N3O2S/c1-11-5-6-13(21-11)14-16-12(2)15(19)18(14)8-10-20-9-7-17(3)4/h5-6,12,14,16H,7-10H2,1-4H3. The number of rotatable bonds is 7. The van der Waals surface area contributed by atoms with Gasteiger partial charge in [-0.05, 0) is 40.1 Å². The van der Waals surface area contributed by atoms with Crippen LogP contribution in [-0.2, 0) is 9.53 Å². The van der Waals surface area contributed by atoms with Gasteiger partial charge in [0.25, 0.3) is 0 Å². The predicted molar refractivity (Wildman–Crippen MR) is 85.5 cm³/mol. The fourth-order valence-electron chi connectivity index (χ4n) is 2.36. The number of carbonyl (C=O) groups excluding carboxylic acids is 1. The summed E-state index contributed by atoms with van der Waals surface area (Å²) < 4.78 is 5.62. The third-order valence-corrected chi connectivity index (χ3v) is 4.62. The molecular formula is C15H25N3O2S. The van der Waals surface area contributed by atoms with Crippen molar-refractivity contribution < 1.29 is 9.53 Å². The van der Waals surface area contributed by atoms with E-state index in [1.165, 1.54) is 9.75 Å². The molecular weight excluding hydrogens is 286 g/mol. The predicted octanol–water partition coefficient (Wildman–Crippen LogP) is 1.45. The van der Waals surface area contributed by atoms with Crippen molar-refractivity contribution in [3.8, 4) is 0 Å². The number of ether oxygens (including phenoxy) is 1. The molecule has 0 aromatic carbocycles. The maximum absolute atomic E-state index is 12.3. The normalized spacial score (nSPS) is 22.5. The topological polar surface area (TPSA) is 44.8 Å². The van der Waals surface area contributed by atoms with E-state index in [0.29, 0.717) is 19.8 Å². The van der Waals surface area contributed by atoms with Crippen LogP contribution in [0.2, 0.25) is 0 Å². The summed E-state index contributed by atoms with van der Waals surface area (Å²) in [6, 6.07) is 4.07. The summed E-state index contributed by atoms with van der Waals surface area (Å²) in [5.41, 5.74) is 0. The van der Waals surface area contributed by atoms with Crippen LogP contribution in [0, 0.1) is 6.92 Å². The first-order chi connectivity index (χ1) is 9.99. The summed E-state index contributed by atoms with van der Waals surface area (Å²) in [6.45, 7) is 6.81. The van der Waals surface area contributed by atoms with Crippen molar-refractivity contribution in [2.24, 2.45) is 0 Å². The highest BCUT2D eigenvalue weighted by atomic mass is 32.1. The van der Waals surface area contributed by atoms with Crippen LogP contribution in [0.1, 0.15) is 22.8 Å². The minimum Gasteiger partial charge on any atom is -0.378 e. The van der Waals surface area contributed by atoms with Crippen molar-refractivity contribution in [2.45, 2.75) is 26.1 Å². The molecule has 1 fully saturated rings. The molecule has 1 aromatic heterocycles. The molecule has 0 radical (unpaired) electrons. The molecule has 0 aliphatic carbocycles. The van der Waals surface area contributed by atoms with E-state index in [0.717, 1.165) is 6.54 Å². The van der Waals surface area contributed by atoms with Gasteiger partial charge in [0.15, 0.2) is 0 Å². The number of nitrogens with one attached hydrogen (secondary N) is 1. The molecule has 2 rings (SSSR count). The van der Waals surface area contributed by atoms with E-state index in [-0.39, 0.29) is 18.1 Å². The summed E-state index contributed by atoms with van der Waals surface area (Å²) in [5, 5.41) is 3.37. The van der Waals surface area contributed by atoms with Crippen LogP contribution in [-0.4, -0.2) is 62.1 Å². The van der Waals surface area contributed by atoms with Gasteiger partial charge < -0.3 is 14.5 Å². The maximum Gasteiger partial charge on any atom is 0.241 e. The molecule has 1 amide bonds. The third kappa shape index (κ3) is 4.26. The van der Waals surface area contributed by atoms with Crippen molar-refractivity contribution in [3.63, 3.8) is 0 Å². The van der Waals surface area contributed by atoms with Crippen LogP contribution in [0.3, 0.4) is 0 Å². The summed E-state index contributed by atoms with van der Waals surface area (Å²) in [7, 11) is 4.04. The van der Waals surface area contributed by atoms with E-state index in [2.05, 4.69) is 29.3 Å². The average Bonchev–Trinajstić information content (AvgIpc) is 2.96. The minimum atomic E-state index is -0.126. The Kier molecular flexibility index (Phi) is 5.75. The van der Waals surface area contributed by atoms with Crippen LogP contribution >= 0.6 is 11.3 Å². The van der Waals surface area contributed by atoms with Gasteiger partial charge in [-0.25, -0.2) is 0 Å². The molecule has 5 nitrogen and oxygen atoms in total. The smallest absolute Gasteiger partial charge is 0.241 e. The molecule has 0 spiro atoms. The molecule has 2 heterocycles. The highest BCUT2D eigenvalue weighted by Gasteiger charge is 2.37. The SMILES string of the molecule is Cc1ccc(C2NC(C)C(=O)N2CCOCCN(C)C)s1. The molecule has 21 heavy (non-hydrogen) atoms. The Bertz CT molecular complexity index is 475. The van der Waals surface area contributed by atoms with Crippen LogP contribution in [0.5, 0.6) is 0 Å².